The Morgan fingerprint density at radius 1 is 1.00 bits per heavy atom. The van der Waals surface area contributed by atoms with Gasteiger partial charge in [0.15, 0.2) is 0 Å². The summed E-state index contributed by atoms with van der Waals surface area (Å²) in [5, 5.41) is 5.37. The van der Waals surface area contributed by atoms with Crippen LogP contribution >= 0.6 is 0 Å². The summed E-state index contributed by atoms with van der Waals surface area (Å²) < 4.78 is 26.3. The summed E-state index contributed by atoms with van der Waals surface area (Å²) in [6, 6.07) is 13.1. The zero-order valence-electron chi connectivity index (χ0n) is 16.1. The molecule has 8 nitrogen and oxygen atoms in total. The molecule has 1 fully saturated rings. The first-order chi connectivity index (χ1) is 14.4. The number of fused-ring (bicyclic) bond motifs is 1. The lowest BCUT2D eigenvalue weighted by atomic mass is 10.1. The van der Waals surface area contributed by atoms with E-state index in [1.807, 2.05) is 30.3 Å². The van der Waals surface area contributed by atoms with E-state index >= 15 is 0 Å². The third kappa shape index (κ3) is 3.93. The Bertz CT molecular complexity index is 1110. The Balaban J connectivity index is 1.32. The molecule has 1 aliphatic carbocycles. The number of nitrogens with one attached hydrogen (secondary N) is 2. The quantitative estimate of drug-likeness (QED) is 0.642. The predicted octanol–water partition coefficient (Wildman–Crippen LogP) is 1.08. The van der Waals surface area contributed by atoms with Gasteiger partial charge in [-0.25, -0.2) is 12.7 Å². The molecule has 4 rings (SSSR count). The van der Waals surface area contributed by atoms with Gasteiger partial charge in [-0.15, -0.1) is 0 Å². The summed E-state index contributed by atoms with van der Waals surface area (Å²) in [4.78, 5) is 36.6. The zero-order chi connectivity index (χ0) is 21.3. The fourth-order valence-corrected chi connectivity index (χ4v) is 5.22. The lowest BCUT2D eigenvalue weighted by Gasteiger charge is -2.13. The fourth-order valence-electron chi connectivity index (χ4n) is 3.38. The second kappa shape index (κ2) is 7.91. The number of hydrogen-bond donors (Lipinski definition) is 2. The number of carbonyl (C=O) groups excluding carboxylic acids is 3. The van der Waals surface area contributed by atoms with Crippen LogP contribution in [0.25, 0.3) is 0 Å². The molecule has 2 N–H and O–H groups in total. The lowest BCUT2D eigenvalue weighted by Crippen LogP contribution is -2.35. The molecule has 30 heavy (non-hydrogen) atoms. The van der Waals surface area contributed by atoms with Crippen molar-refractivity contribution in [2.75, 3.05) is 13.1 Å². The molecule has 2 aliphatic rings. The number of rotatable bonds is 7. The van der Waals surface area contributed by atoms with Gasteiger partial charge in [-0.3, -0.25) is 14.4 Å². The molecule has 0 saturated heterocycles. The topological polar surface area (TPSA) is 113 Å². The van der Waals surface area contributed by atoms with Crippen molar-refractivity contribution in [2.24, 2.45) is 0 Å². The van der Waals surface area contributed by atoms with Crippen LogP contribution < -0.4 is 10.6 Å². The maximum Gasteiger partial charge on any atom is 0.269 e. The highest BCUT2D eigenvalue weighted by molar-refractivity contribution is 7.90. The van der Waals surface area contributed by atoms with Crippen molar-refractivity contribution in [3.05, 3.63) is 65.2 Å². The van der Waals surface area contributed by atoms with Crippen molar-refractivity contribution < 1.29 is 22.8 Å². The Kier molecular flexibility index (Phi) is 5.29. The van der Waals surface area contributed by atoms with Crippen LogP contribution in [-0.2, 0) is 21.2 Å². The molecule has 1 heterocycles. The van der Waals surface area contributed by atoms with E-state index in [0.717, 1.165) is 9.87 Å². The summed E-state index contributed by atoms with van der Waals surface area (Å²) in [5.74, 6) is -1.15. The van der Waals surface area contributed by atoms with Gasteiger partial charge in [0.25, 0.3) is 21.8 Å². The smallest absolute Gasteiger partial charge is 0.269 e. The minimum absolute atomic E-state index is 0.103. The molecule has 0 radical (unpaired) electrons. The van der Waals surface area contributed by atoms with Gasteiger partial charge in [0, 0.05) is 24.7 Å². The molecule has 0 spiro atoms. The number of sulfonamides is 1. The molecule has 0 atom stereocenters. The van der Waals surface area contributed by atoms with E-state index in [0.29, 0.717) is 12.8 Å². The molecule has 1 saturated carbocycles. The van der Waals surface area contributed by atoms with Gasteiger partial charge in [-0.1, -0.05) is 30.3 Å². The predicted molar refractivity (Wildman–Crippen MR) is 108 cm³/mol. The van der Waals surface area contributed by atoms with E-state index < -0.39 is 21.8 Å². The van der Waals surface area contributed by atoms with Crippen LogP contribution in [0, 0.1) is 0 Å². The van der Waals surface area contributed by atoms with E-state index in [9.17, 15) is 22.8 Å². The second-order valence-corrected chi connectivity index (χ2v) is 9.10. The Hall–Kier alpha value is -3.20. The molecule has 0 bridgehead atoms. The van der Waals surface area contributed by atoms with Crippen LogP contribution in [0.1, 0.15) is 39.1 Å². The van der Waals surface area contributed by atoms with Crippen LogP contribution in [0.5, 0.6) is 0 Å². The minimum atomic E-state index is -3.91. The van der Waals surface area contributed by atoms with Crippen molar-refractivity contribution in [3.63, 3.8) is 0 Å². The average molecular weight is 427 g/mol. The van der Waals surface area contributed by atoms with Gasteiger partial charge < -0.3 is 10.6 Å². The number of nitrogens with zero attached hydrogens (tertiary/aromatic N) is 1. The molecule has 0 aromatic heterocycles. The summed E-state index contributed by atoms with van der Waals surface area (Å²) in [5.41, 5.74) is 1.15. The number of hydrogen-bond acceptors (Lipinski definition) is 5. The van der Waals surface area contributed by atoms with Crippen molar-refractivity contribution >= 4 is 27.7 Å². The maximum absolute atomic E-state index is 12.7. The van der Waals surface area contributed by atoms with E-state index in [4.69, 9.17) is 0 Å². The van der Waals surface area contributed by atoms with Gasteiger partial charge in [0.05, 0.1) is 12.0 Å². The molecule has 0 unspecified atom stereocenters. The Morgan fingerprint density at radius 3 is 2.40 bits per heavy atom. The number of benzene rings is 2. The van der Waals surface area contributed by atoms with Crippen molar-refractivity contribution in [1.29, 1.82) is 0 Å². The third-order valence-corrected chi connectivity index (χ3v) is 6.91. The van der Waals surface area contributed by atoms with Gasteiger partial charge in [0.1, 0.15) is 4.90 Å². The lowest BCUT2D eigenvalue weighted by molar-refractivity contribution is -0.120. The van der Waals surface area contributed by atoms with E-state index in [1.54, 1.807) is 0 Å². The highest BCUT2D eigenvalue weighted by atomic mass is 32.2. The number of amides is 3. The van der Waals surface area contributed by atoms with E-state index in [2.05, 4.69) is 10.6 Å². The highest BCUT2D eigenvalue weighted by Crippen LogP contribution is 2.39. The normalized spacial score (nSPS) is 16.8. The minimum Gasteiger partial charge on any atom is -0.354 e. The molecular formula is C21H21N3O5S. The summed E-state index contributed by atoms with van der Waals surface area (Å²) in [7, 11) is -3.91. The standard InChI is InChI=1S/C21H21N3O5S/c25-19(12-14-4-2-1-3-5-14)22-10-11-23-20(26)15-6-9-17-18(13-15)30(28,29)24(21(17)27)16-7-8-16/h1-6,9,13,16H,7-8,10-12H2,(H,22,25)(H,23,26). The molecule has 2 aromatic carbocycles. The van der Waals surface area contributed by atoms with Gasteiger partial charge in [-0.05, 0) is 36.6 Å². The van der Waals surface area contributed by atoms with Gasteiger partial charge in [0.2, 0.25) is 5.91 Å². The van der Waals surface area contributed by atoms with Crippen LogP contribution in [0.3, 0.4) is 0 Å². The van der Waals surface area contributed by atoms with Gasteiger partial charge in [-0.2, -0.15) is 0 Å². The van der Waals surface area contributed by atoms with Crippen molar-refractivity contribution in [1.82, 2.24) is 14.9 Å². The zero-order valence-corrected chi connectivity index (χ0v) is 16.9. The molecule has 3 amide bonds. The van der Waals surface area contributed by atoms with Crippen molar-refractivity contribution in [2.45, 2.75) is 30.2 Å². The van der Waals surface area contributed by atoms with Crippen molar-refractivity contribution in [3.8, 4) is 0 Å². The van der Waals surface area contributed by atoms with Crippen LogP contribution in [0.2, 0.25) is 0 Å². The summed E-state index contributed by atoms with van der Waals surface area (Å²) in [6.07, 6.45) is 1.59. The Morgan fingerprint density at radius 2 is 1.70 bits per heavy atom. The Labute approximate surface area is 174 Å². The summed E-state index contributed by atoms with van der Waals surface area (Å²) in [6.45, 7) is 0.435. The molecular weight excluding hydrogens is 406 g/mol. The first-order valence-corrected chi connectivity index (χ1v) is 11.1. The maximum atomic E-state index is 12.7. The first kappa shape index (κ1) is 20.1. The first-order valence-electron chi connectivity index (χ1n) is 9.69. The van der Waals surface area contributed by atoms with Crippen LogP contribution in [0.4, 0.5) is 0 Å². The van der Waals surface area contributed by atoms with E-state index in [-0.39, 0.29) is 47.5 Å². The summed E-state index contributed by atoms with van der Waals surface area (Å²) >= 11 is 0. The average Bonchev–Trinajstić information content (AvgIpc) is 3.53. The van der Waals surface area contributed by atoms with Crippen LogP contribution in [0.15, 0.2) is 53.4 Å². The number of carbonyl (C=O) groups is 3. The third-order valence-electron chi connectivity index (χ3n) is 5.03. The van der Waals surface area contributed by atoms with Crippen LogP contribution in [-0.4, -0.2) is 49.6 Å². The second-order valence-electron chi connectivity index (χ2n) is 7.32. The molecule has 1 aliphatic heterocycles. The fraction of sp³-hybridized carbons (Fsp3) is 0.286. The van der Waals surface area contributed by atoms with E-state index in [1.165, 1.54) is 18.2 Å². The monoisotopic (exact) mass is 427 g/mol. The SMILES string of the molecule is O=C(Cc1ccccc1)NCCNC(=O)c1ccc2c(c1)S(=O)(=O)N(C1CC1)C2=O. The molecule has 156 valence electrons. The molecule has 2 aromatic rings. The van der Waals surface area contributed by atoms with Gasteiger partial charge >= 0.3 is 0 Å². The largest absolute Gasteiger partial charge is 0.354 e. The highest BCUT2D eigenvalue weighted by Gasteiger charge is 2.48. The molecule has 9 heteroatoms.